The lowest BCUT2D eigenvalue weighted by Crippen LogP contribution is -2.09. The number of nitrogens with one attached hydrogen (secondary N) is 1. The van der Waals surface area contributed by atoms with E-state index in [1.807, 2.05) is 37.3 Å². The van der Waals surface area contributed by atoms with Crippen molar-refractivity contribution in [3.05, 3.63) is 63.6 Å². The summed E-state index contributed by atoms with van der Waals surface area (Å²) in [4.78, 5) is 11.1. The average Bonchev–Trinajstić information content (AvgIpc) is 2.41. The Kier molecular flexibility index (Phi) is 4.45. The third-order valence-corrected chi connectivity index (χ3v) is 3.83. The largest absolute Gasteiger partial charge is 0.478 e. The van der Waals surface area contributed by atoms with E-state index in [0.29, 0.717) is 5.56 Å². The summed E-state index contributed by atoms with van der Waals surface area (Å²) in [7, 11) is 0. The number of carboxylic acid groups (broad SMARTS) is 1. The van der Waals surface area contributed by atoms with Gasteiger partial charge in [0, 0.05) is 16.2 Å². The third kappa shape index (κ3) is 3.20. The van der Waals surface area contributed by atoms with Crippen LogP contribution < -0.4 is 5.32 Å². The van der Waals surface area contributed by atoms with Crippen LogP contribution in [0.2, 0.25) is 0 Å². The van der Waals surface area contributed by atoms with Crippen LogP contribution in [0.4, 0.5) is 5.69 Å². The fourth-order valence-electron chi connectivity index (χ4n) is 2.09. The molecule has 2 aromatic rings. The number of carboxylic acids is 1. The summed E-state index contributed by atoms with van der Waals surface area (Å²) in [5.41, 5.74) is 3.08. The lowest BCUT2D eigenvalue weighted by molar-refractivity contribution is 0.0696. The molecule has 0 aliphatic heterocycles. The van der Waals surface area contributed by atoms with Crippen LogP contribution >= 0.6 is 15.9 Å². The highest BCUT2D eigenvalue weighted by atomic mass is 79.9. The van der Waals surface area contributed by atoms with Gasteiger partial charge in [-0.25, -0.2) is 4.79 Å². The Morgan fingerprint density at radius 2 is 1.85 bits per heavy atom. The van der Waals surface area contributed by atoms with Crippen molar-refractivity contribution in [3.63, 3.8) is 0 Å². The van der Waals surface area contributed by atoms with Crippen LogP contribution in [-0.4, -0.2) is 11.1 Å². The van der Waals surface area contributed by atoms with E-state index in [2.05, 4.69) is 28.2 Å². The minimum absolute atomic E-state index is 0.103. The molecule has 2 rings (SSSR count). The topological polar surface area (TPSA) is 49.3 Å². The van der Waals surface area contributed by atoms with E-state index >= 15 is 0 Å². The summed E-state index contributed by atoms with van der Waals surface area (Å²) >= 11 is 3.41. The highest BCUT2D eigenvalue weighted by Gasteiger charge is 2.12. The Hall–Kier alpha value is -1.81. The van der Waals surface area contributed by atoms with Crippen molar-refractivity contribution in [3.8, 4) is 0 Å². The molecule has 3 nitrogen and oxygen atoms in total. The molecule has 1 atom stereocenters. The molecule has 2 aromatic carbocycles. The van der Waals surface area contributed by atoms with E-state index in [1.165, 1.54) is 0 Å². The monoisotopic (exact) mass is 333 g/mol. The average molecular weight is 334 g/mol. The molecule has 4 heteroatoms. The van der Waals surface area contributed by atoms with Gasteiger partial charge in [-0.15, -0.1) is 0 Å². The predicted octanol–water partition coefficient (Wildman–Crippen LogP) is 4.63. The minimum Gasteiger partial charge on any atom is -0.478 e. The second-order valence-corrected chi connectivity index (χ2v) is 5.62. The van der Waals surface area contributed by atoms with Gasteiger partial charge in [-0.2, -0.15) is 0 Å². The number of benzene rings is 2. The van der Waals surface area contributed by atoms with E-state index in [-0.39, 0.29) is 6.04 Å². The molecule has 0 aliphatic rings. The van der Waals surface area contributed by atoms with Crippen LogP contribution in [0, 0.1) is 6.92 Å². The van der Waals surface area contributed by atoms with Crippen molar-refractivity contribution in [2.75, 3.05) is 5.32 Å². The van der Waals surface area contributed by atoms with Crippen LogP contribution in [0.1, 0.15) is 34.5 Å². The zero-order chi connectivity index (χ0) is 14.7. The van der Waals surface area contributed by atoms with Gasteiger partial charge in [0.05, 0.1) is 5.56 Å². The number of hydrogen-bond donors (Lipinski definition) is 2. The van der Waals surface area contributed by atoms with Crippen molar-refractivity contribution in [2.24, 2.45) is 0 Å². The summed E-state index contributed by atoms with van der Waals surface area (Å²) in [6, 6.07) is 13.4. The summed E-state index contributed by atoms with van der Waals surface area (Å²) in [5.74, 6) is -0.901. The predicted molar refractivity (Wildman–Crippen MR) is 84.3 cm³/mol. The number of anilines is 1. The second-order valence-electron chi connectivity index (χ2n) is 4.70. The molecule has 20 heavy (non-hydrogen) atoms. The van der Waals surface area contributed by atoms with Crippen LogP contribution in [-0.2, 0) is 0 Å². The van der Waals surface area contributed by atoms with Crippen LogP contribution in [0.25, 0.3) is 0 Å². The fourth-order valence-corrected chi connectivity index (χ4v) is 2.36. The van der Waals surface area contributed by atoms with Crippen molar-refractivity contribution in [2.45, 2.75) is 19.9 Å². The first-order chi connectivity index (χ1) is 9.49. The Morgan fingerprint density at radius 3 is 2.45 bits per heavy atom. The molecule has 0 aliphatic carbocycles. The second kappa shape index (κ2) is 6.09. The first-order valence-corrected chi connectivity index (χ1v) is 7.13. The molecule has 0 saturated heterocycles. The molecule has 0 amide bonds. The van der Waals surface area contributed by atoms with E-state index in [9.17, 15) is 4.79 Å². The van der Waals surface area contributed by atoms with E-state index in [1.54, 1.807) is 12.1 Å². The smallest absolute Gasteiger partial charge is 0.336 e. The normalized spacial score (nSPS) is 11.9. The third-order valence-electron chi connectivity index (χ3n) is 3.31. The Labute approximate surface area is 126 Å². The van der Waals surface area contributed by atoms with E-state index in [0.717, 1.165) is 21.3 Å². The zero-order valence-corrected chi connectivity index (χ0v) is 12.9. The molecular weight excluding hydrogens is 318 g/mol. The van der Waals surface area contributed by atoms with E-state index < -0.39 is 5.97 Å². The Morgan fingerprint density at radius 1 is 1.20 bits per heavy atom. The highest BCUT2D eigenvalue weighted by Crippen LogP contribution is 2.25. The molecule has 0 heterocycles. The molecule has 0 fully saturated rings. The van der Waals surface area contributed by atoms with Crippen LogP contribution in [0.15, 0.2) is 46.9 Å². The van der Waals surface area contributed by atoms with Crippen molar-refractivity contribution in [1.82, 2.24) is 0 Å². The van der Waals surface area contributed by atoms with Crippen molar-refractivity contribution < 1.29 is 9.90 Å². The number of rotatable bonds is 4. The van der Waals surface area contributed by atoms with Gasteiger partial charge in [0.15, 0.2) is 0 Å². The fraction of sp³-hybridized carbons (Fsp3) is 0.188. The maximum atomic E-state index is 11.1. The summed E-state index contributed by atoms with van der Waals surface area (Å²) < 4.78 is 1.04. The lowest BCUT2D eigenvalue weighted by Gasteiger charge is -2.18. The number of aromatic carboxylic acids is 1. The van der Waals surface area contributed by atoms with E-state index in [4.69, 9.17) is 5.11 Å². The molecule has 0 bridgehead atoms. The van der Waals surface area contributed by atoms with Gasteiger partial charge in [-0.1, -0.05) is 34.1 Å². The maximum Gasteiger partial charge on any atom is 0.336 e. The van der Waals surface area contributed by atoms with Crippen molar-refractivity contribution >= 4 is 27.6 Å². The van der Waals surface area contributed by atoms with Crippen LogP contribution in [0.3, 0.4) is 0 Å². The van der Waals surface area contributed by atoms with Gasteiger partial charge in [-0.3, -0.25) is 0 Å². The highest BCUT2D eigenvalue weighted by molar-refractivity contribution is 9.10. The van der Waals surface area contributed by atoms with Crippen molar-refractivity contribution in [1.29, 1.82) is 0 Å². The van der Waals surface area contributed by atoms with Gasteiger partial charge >= 0.3 is 5.97 Å². The van der Waals surface area contributed by atoms with Gasteiger partial charge in [-0.05, 0) is 49.2 Å². The van der Waals surface area contributed by atoms with Gasteiger partial charge in [0.25, 0.3) is 0 Å². The molecule has 1 unspecified atom stereocenters. The molecule has 104 valence electrons. The SMILES string of the molecule is Cc1c(NC(C)c2ccc(Br)cc2)cccc1C(=O)O. The summed E-state index contributed by atoms with van der Waals surface area (Å²) in [6.07, 6.45) is 0. The standard InChI is InChI=1S/C16H16BrNO2/c1-10-14(16(19)20)4-3-5-15(10)18-11(2)12-6-8-13(17)9-7-12/h3-9,11,18H,1-2H3,(H,19,20). The Balaban J connectivity index is 2.23. The maximum absolute atomic E-state index is 11.1. The minimum atomic E-state index is -0.901. The molecule has 0 spiro atoms. The molecule has 0 radical (unpaired) electrons. The summed E-state index contributed by atoms with van der Waals surface area (Å²) in [6.45, 7) is 3.87. The number of hydrogen-bond acceptors (Lipinski definition) is 2. The summed E-state index contributed by atoms with van der Waals surface area (Å²) in [5, 5.41) is 12.5. The lowest BCUT2D eigenvalue weighted by atomic mass is 10.0. The van der Waals surface area contributed by atoms with Gasteiger partial charge in [0.1, 0.15) is 0 Å². The Bertz CT molecular complexity index is 623. The molecular formula is C16H16BrNO2. The molecule has 0 aromatic heterocycles. The first-order valence-electron chi connectivity index (χ1n) is 6.34. The quantitative estimate of drug-likeness (QED) is 0.857. The zero-order valence-electron chi connectivity index (χ0n) is 11.4. The number of carbonyl (C=O) groups is 1. The van der Waals surface area contributed by atoms with Crippen LogP contribution in [0.5, 0.6) is 0 Å². The number of halogens is 1. The molecule has 2 N–H and O–H groups in total. The van der Waals surface area contributed by atoms with Gasteiger partial charge in [0.2, 0.25) is 0 Å². The first kappa shape index (κ1) is 14.6. The van der Waals surface area contributed by atoms with Gasteiger partial charge < -0.3 is 10.4 Å². The molecule has 0 saturated carbocycles.